The van der Waals surface area contributed by atoms with Crippen LogP contribution in [0.15, 0.2) is 0 Å². The van der Waals surface area contributed by atoms with Crippen LogP contribution in [0.25, 0.3) is 0 Å². The number of nitrogens with one attached hydrogen (secondary N) is 1. The van der Waals surface area contributed by atoms with E-state index in [-0.39, 0.29) is 0 Å². The van der Waals surface area contributed by atoms with Gasteiger partial charge in [0.2, 0.25) is 0 Å². The van der Waals surface area contributed by atoms with Gasteiger partial charge < -0.3 is 10.1 Å². The molecule has 1 saturated heterocycles. The Hall–Kier alpha value is -0.0800. The van der Waals surface area contributed by atoms with E-state index in [0.717, 1.165) is 24.5 Å². The number of ether oxygens (including phenoxy) is 1. The van der Waals surface area contributed by atoms with Crippen molar-refractivity contribution in [1.82, 2.24) is 5.32 Å². The zero-order chi connectivity index (χ0) is 13.1. The molecule has 1 aliphatic heterocycles. The van der Waals surface area contributed by atoms with Gasteiger partial charge >= 0.3 is 0 Å². The molecule has 0 aromatic rings. The van der Waals surface area contributed by atoms with Gasteiger partial charge in [-0.15, -0.1) is 0 Å². The minimum Gasteiger partial charge on any atom is -0.375 e. The average Bonchev–Trinajstić information content (AvgIpc) is 2.44. The molecule has 110 valence electrons. The molecule has 0 amide bonds. The first kappa shape index (κ1) is 13.9. The quantitative estimate of drug-likeness (QED) is 0.832. The predicted molar refractivity (Wildman–Crippen MR) is 79.3 cm³/mol. The standard InChI is InChI=1S/C17H31NO/c1-2-11-18-16-7-4-3-6-15(16)14-8-12-19-17(13-14)9-5-10-17/h14-16,18H,2-13H2,1H3. The lowest BCUT2D eigenvalue weighted by Gasteiger charge is -2.50. The van der Waals surface area contributed by atoms with Crippen LogP contribution in [0.5, 0.6) is 0 Å². The van der Waals surface area contributed by atoms with Crippen LogP contribution >= 0.6 is 0 Å². The van der Waals surface area contributed by atoms with Crippen molar-refractivity contribution in [3.05, 3.63) is 0 Å². The van der Waals surface area contributed by atoms with Crippen LogP contribution in [0, 0.1) is 11.8 Å². The van der Waals surface area contributed by atoms with Gasteiger partial charge in [-0.3, -0.25) is 0 Å². The van der Waals surface area contributed by atoms with Crippen molar-refractivity contribution in [3.63, 3.8) is 0 Å². The molecule has 3 fully saturated rings. The molecular weight excluding hydrogens is 234 g/mol. The molecule has 3 unspecified atom stereocenters. The fraction of sp³-hybridized carbons (Fsp3) is 1.00. The summed E-state index contributed by atoms with van der Waals surface area (Å²) < 4.78 is 6.12. The molecule has 2 saturated carbocycles. The van der Waals surface area contributed by atoms with Gasteiger partial charge in [-0.1, -0.05) is 19.8 Å². The Morgan fingerprint density at radius 2 is 1.95 bits per heavy atom. The van der Waals surface area contributed by atoms with Crippen molar-refractivity contribution in [1.29, 1.82) is 0 Å². The van der Waals surface area contributed by atoms with E-state index in [2.05, 4.69) is 12.2 Å². The Morgan fingerprint density at radius 3 is 2.68 bits per heavy atom. The van der Waals surface area contributed by atoms with Gasteiger partial charge in [-0.2, -0.15) is 0 Å². The van der Waals surface area contributed by atoms with Crippen molar-refractivity contribution in [2.45, 2.75) is 82.8 Å². The van der Waals surface area contributed by atoms with Gasteiger partial charge in [-0.05, 0) is 69.7 Å². The molecule has 1 N–H and O–H groups in total. The fourth-order valence-electron chi connectivity index (χ4n) is 4.66. The molecule has 2 heteroatoms. The molecule has 0 bridgehead atoms. The highest BCUT2D eigenvalue weighted by Crippen LogP contribution is 2.48. The molecule has 19 heavy (non-hydrogen) atoms. The molecule has 1 heterocycles. The first-order valence-electron chi connectivity index (χ1n) is 8.70. The highest BCUT2D eigenvalue weighted by atomic mass is 16.5. The normalized spacial score (nSPS) is 38.1. The van der Waals surface area contributed by atoms with Crippen molar-refractivity contribution in [2.75, 3.05) is 13.2 Å². The molecule has 1 spiro atoms. The lowest BCUT2D eigenvalue weighted by atomic mass is 9.65. The van der Waals surface area contributed by atoms with Crippen LogP contribution in [0.3, 0.4) is 0 Å². The second-order valence-corrected chi connectivity index (χ2v) is 7.15. The second-order valence-electron chi connectivity index (χ2n) is 7.15. The second kappa shape index (κ2) is 6.13. The lowest BCUT2D eigenvalue weighted by molar-refractivity contribution is -0.153. The first-order valence-corrected chi connectivity index (χ1v) is 8.70. The number of hydrogen-bond acceptors (Lipinski definition) is 2. The van der Waals surface area contributed by atoms with Gasteiger partial charge in [0.1, 0.15) is 0 Å². The predicted octanol–water partition coefficient (Wildman–Crippen LogP) is 3.89. The molecule has 2 aliphatic carbocycles. The summed E-state index contributed by atoms with van der Waals surface area (Å²) >= 11 is 0. The van der Waals surface area contributed by atoms with E-state index in [1.54, 1.807) is 0 Å². The molecule has 3 rings (SSSR count). The van der Waals surface area contributed by atoms with Crippen LogP contribution in [-0.4, -0.2) is 24.8 Å². The maximum Gasteiger partial charge on any atom is 0.0685 e. The third-order valence-corrected chi connectivity index (χ3v) is 5.88. The van der Waals surface area contributed by atoms with Gasteiger partial charge in [0, 0.05) is 12.6 Å². The third-order valence-electron chi connectivity index (χ3n) is 5.88. The molecule has 3 aliphatic rings. The topological polar surface area (TPSA) is 21.3 Å². The van der Waals surface area contributed by atoms with E-state index in [9.17, 15) is 0 Å². The van der Waals surface area contributed by atoms with E-state index >= 15 is 0 Å². The molecule has 0 aromatic carbocycles. The SMILES string of the molecule is CCCNC1CCCCC1C1CCOC2(CCC2)C1. The Balaban J connectivity index is 1.61. The lowest BCUT2D eigenvalue weighted by Crippen LogP contribution is -2.50. The largest absolute Gasteiger partial charge is 0.375 e. The highest BCUT2D eigenvalue weighted by Gasteiger charge is 2.45. The average molecular weight is 265 g/mol. The van der Waals surface area contributed by atoms with Crippen LogP contribution in [0.1, 0.15) is 71.1 Å². The zero-order valence-electron chi connectivity index (χ0n) is 12.6. The number of hydrogen-bond donors (Lipinski definition) is 1. The maximum atomic E-state index is 6.12. The summed E-state index contributed by atoms with van der Waals surface area (Å²) in [5.41, 5.74) is 0.329. The maximum absolute atomic E-state index is 6.12. The Kier molecular flexibility index (Phi) is 4.48. The molecular formula is C17H31NO. The van der Waals surface area contributed by atoms with Gasteiger partial charge in [0.15, 0.2) is 0 Å². The van der Waals surface area contributed by atoms with Crippen LogP contribution in [0.4, 0.5) is 0 Å². The monoisotopic (exact) mass is 265 g/mol. The third kappa shape index (κ3) is 3.00. The van der Waals surface area contributed by atoms with E-state index < -0.39 is 0 Å². The smallest absolute Gasteiger partial charge is 0.0685 e. The minimum atomic E-state index is 0.329. The molecule has 2 nitrogen and oxygen atoms in total. The Bertz CT molecular complexity index is 287. The minimum absolute atomic E-state index is 0.329. The fourth-order valence-corrected chi connectivity index (χ4v) is 4.66. The molecule has 0 radical (unpaired) electrons. The summed E-state index contributed by atoms with van der Waals surface area (Å²) in [6, 6.07) is 0.800. The Labute approximate surface area is 118 Å². The van der Waals surface area contributed by atoms with E-state index in [1.807, 2.05) is 0 Å². The van der Waals surface area contributed by atoms with Crippen molar-refractivity contribution < 1.29 is 4.74 Å². The summed E-state index contributed by atoms with van der Waals surface area (Å²) in [6.45, 7) is 4.51. The van der Waals surface area contributed by atoms with Crippen molar-refractivity contribution >= 4 is 0 Å². The summed E-state index contributed by atoms with van der Waals surface area (Å²) in [5.74, 6) is 1.87. The van der Waals surface area contributed by atoms with Crippen LogP contribution in [-0.2, 0) is 4.74 Å². The van der Waals surface area contributed by atoms with Gasteiger partial charge in [-0.25, -0.2) is 0 Å². The first-order chi connectivity index (χ1) is 9.33. The van der Waals surface area contributed by atoms with Crippen LogP contribution < -0.4 is 5.32 Å². The van der Waals surface area contributed by atoms with Gasteiger partial charge in [0.05, 0.1) is 5.60 Å². The summed E-state index contributed by atoms with van der Waals surface area (Å²) in [4.78, 5) is 0. The van der Waals surface area contributed by atoms with Crippen molar-refractivity contribution in [3.8, 4) is 0 Å². The highest BCUT2D eigenvalue weighted by molar-refractivity contribution is 4.97. The Morgan fingerprint density at radius 1 is 1.11 bits per heavy atom. The summed E-state index contributed by atoms with van der Waals surface area (Å²) in [5, 5.41) is 3.84. The zero-order valence-corrected chi connectivity index (χ0v) is 12.6. The van der Waals surface area contributed by atoms with Gasteiger partial charge in [0.25, 0.3) is 0 Å². The van der Waals surface area contributed by atoms with Crippen LogP contribution in [0.2, 0.25) is 0 Å². The number of rotatable bonds is 4. The van der Waals surface area contributed by atoms with E-state index in [1.165, 1.54) is 70.8 Å². The molecule has 0 aromatic heterocycles. The van der Waals surface area contributed by atoms with E-state index in [0.29, 0.717) is 5.60 Å². The summed E-state index contributed by atoms with van der Waals surface area (Å²) in [6.07, 6.45) is 13.8. The summed E-state index contributed by atoms with van der Waals surface area (Å²) in [7, 11) is 0. The van der Waals surface area contributed by atoms with Crippen molar-refractivity contribution in [2.24, 2.45) is 11.8 Å². The molecule has 3 atom stereocenters. The van der Waals surface area contributed by atoms with E-state index in [4.69, 9.17) is 4.74 Å².